The molecule has 1 fully saturated rings. The van der Waals surface area contributed by atoms with Crippen LogP contribution in [0.15, 0.2) is 40.7 Å². The van der Waals surface area contributed by atoms with Crippen molar-refractivity contribution in [1.82, 2.24) is 9.29 Å². The Labute approximate surface area is 141 Å². The number of anilines is 1. The summed E-state index contributed by atoms with van der Waals surface area (Å²) >= 11 is 1.73. The number of nitrogens with zero attached hydrogens (tertiary/aromatic N) is 2. The SMILES string of the molecule is O=S(=O)(c1ccc(NCCc2cccs2)nc1)N1CCCCC1. The van der Waals surface area contributed by atoms with Gasteiger partial charge < -0.3 is 5.32 Å². The fraction of sp³-hybridized carbons (Fsp3) is 0.438. The van der Waals surface area contributed by atoms with Crippen LogP contribution in [0.2, 0.25) is 0 Å². The van der Waals surface area contributed by atoms with E-state index in [-0.39, 0.29) is 4.90 Å². The second-order valence-electron chi connectivity index (χ2n) is 5.60. The molecule has 124 valence electrons. The van der Waals surface area contributed by atoms with Crippen LogP contribution in [0.5, 0.6) is 0 Å². The van der Waals surface area contributed by atoms with Gasteiger partial charge in [-0.2, -0.15) is 4.31 Å². The minimum absolute atomic E-state index is 0.281. The van der Waals surface area contributed by atoms with E-state index in [1.807, 2.05) is 6.07 Å². The molecule has 3 heterocycles. The lowest BCUT2D eigenvalue weighted by Gasteiger charge is -2.25. The Bertz CT molecular complexity index is 706. The molecule has 23 heavy (non-hydrogen) atoms. The summed E-state index contributed by atoms with van der Waals surface area (Å²) in [7, 11) is -3.39. The van der Waals surface area contributed by atoms with E-state index in [2.05, 4.69) is 21.7 Å². The number of hydrogen-bond acceptors (Lipinski definition) is 5. The Balaban J connectivity index is 1.59. The lowest BCUT2D eigenvalue weighted by molar-refractivity contribution is 0.346. The highest BCUT2D eigenvalue weighted by Crippen LogP contribution is 2.20. The molecule has 0 aliphatic carbocycles. The van der Waals surface area contributed by atoms with Crippen LogP contribution in [0.1, 0.15) is 24.1 Å². The van der Waals surface area contributed by atoms with Crippen molar-refractivity contribution in [2.24, 2.45) is 0 Å². The van der Waals surface area contributed by atoms with Crippen molar-refractivity contribution in [1.29, 1.82) is 0 Å². The molecule has 0 bridgehead atoms. The zero-order valence-electron chi connectivity index (χ0n) is 12.9. The zero-order chi connectivity index (χ0) is 16.1. The molecule has 0 saturated carbocycles. The van der Waals surface area contributed by atoms with Crippen LogP contribution in [0, 0.1) is 0 Å². The van der Waals surface area contributed by atoms with Gasteiger partial charge in [0.05, 0.1) is 0 Å². The summed E-state index contributed by atoms with van der Waals surface area (Å²) < 4.78 is 26.6. The summed E-state index contributed by atoms with van der Waals surface area (Å²) in [5.74, 6) is 0.708. The largest absolute Gasteiger partial charge is 0.370 e. The fourth-order valence-electron chi connectivity index (χ4n) is 2.66. The number of aromatic nitrogens is 1. The summed E-state index contributed by atoms with van der Waals surface area (Å²) in [6, 6.07) is 7.53. The van der Waals surface area contributed by atoms with Crippen molar-refractivity contribution in [3.8, 4) is 0 Å². The van der Waals surface area contributed by atoms with Crippen LogP contribution in [0.25, 0.3) is 0 Å². The average Bonchev–Trinajstić information content (AvgIpc) is 3.10. The monoisotopic (exact) mass is 351 g/mol. The van der Waals surface area contributed by atoms with E-state index in [0.29, 0.717) is 18.9 Å². The van der Waals surface area contributed by atoms with Gasteiger partial charge in [0, 0.05) is 30.7 Å². The molecule has 0 radical (unpaired) electrons. The molecule has 7 heteroatoms. The summed E-state index contributed by atoms with van der Waals surface area (Å²) in [4.78, 5) is 5.85. The van der Waals surface area contributed by atoms with Crippen LogP contribution in [-0.4, -0.2) is 37.3 Å². The number of pyridine rings is 1. The molecule has 1 N–H and O–H groups in total. The van der Waals surface area contributed by atoms with Crippen LogP contribution in [0.3, 0.4) is 0 Å². The number of rotatable bonds is 6. The third-order valence-electron chi connectivity index (χ3n) is 3.95. The molecule has 1 aliphatic rings. The normalized spacial score (nSPS) is 16.3. The summed E-state index contributed by atoms with van der Waals surface area (Å²) in [5, 5.41) is 5.29. The maximum Gasteiger partial charge on any atom is 0.244 e. The molecule has 0 spiro atoms. The highest BCUT2D eigenvalue weighted by Gasteiger charge is 2.25. The number of piperidine rings is 1. The lowest BCUT2D eigenvalue weighted by Crippen LogP contribution is -2.35. The van der Waals surface area contributed by atoms with Crippen LogP contribution in [-0.2, 0) is 16.4 Å². The van der Waals surface area contributed by atoms with Gasteiger partial charge >= 0.3 is 0 Å². The van der Waals surface area contributed by atoms with E-state index < -0.39 is 10.0 Å². The molecule has 0 aromatic carbocycles. The first-order valence-electron chi connectivity index (χ1n) is 7.89. The van der Waals surface area contributed by atoms with Crippen molar-refractivity contribution >= 4 is 27.2 Å². The van der Waals surface area contributed by atoms with Gasteiger partial charge in [-0.25, -0.2) is 13.4 Å². The van der Waals surface area contributed by atoms with Gasteiger partial charge in [-0.3, -0.25) is 0 Å². The summed E-state index contributed by atoms with van der Waals surface area (Å²) in [6.07, 6.45) is 5.38. The van der Waals surface area contributed by atoms with Crippen LogP contribution < -0.4 is 5.32 Å². The molecule has 2 aromatic rings. The number of sulfonamides is 1. The summed E-state index contributed by atoms with van der Waals surface area (Å²) in [5.41, 5.74) is 0. The topological polar surface area (TPSA) is 62.3 Å². The van der Waals surface area contributed by atoms with Gasteiger partial charge in [0.25, 0.3) is 0 Å². The minimum Gasteiger partial charge on any atom is -0.370 e. The molecule has 2 aromatic heterocycles. The first-order valence-corrected chi connectivity index (χ1v) is 10.2. The van der Waals surface area contributed by atoms with E-state index in [1.54, 1.807) is 27.8 Å². The molecule has 0 amide bonds. The van der Waals surface area contributed by atoms with Gasteiger partial charge in [-0.1, -0.05) is 12.5 Å². The van der Waals surface area contributed by atoms with Gasteiger partial charge in [0.2, 0.25) is 10.0 Å². The molecule has 1 saturated heterocycles. The van der Waals surface area contributed by atoms with E-state index in [0.717, 1.165) is 32.2 Å². The van der Waals surface area contributed by atoms with Crippen molar-refractivity contribution in [3.05, 3.63) is 40.7 Å². The molecule has 0 unspecified atom stereocenters. The van der Waals surface area contributed by atoms with Crippen molar-refractivity contribution < 1.29 is 8.42 Å². The minimum atomic E-state index is -3.39. The van der Waals surface area contributed by atoms with Gasteiger partial charge in [-0.15, -0.1) is 11.3 Å². The van der Waals surface area contributed by atoms with E-state index >= 15 is 0 Å². The highest BCUT2D eigenvalue weighted by atomic mass is 32.2. The Morgan fingerprint density at radius 3 is 2.65 bits per heavy atom. The smallest absolute Gasteiger partial charge is 0.244 e. The second kappa shape index (κ2) is 7.42. The predicted octanol–water partition coefficient (Wildman–Crippen LogP) is 2.97. The third-order valence-corrected chi connectivity index (χ3v) is 6.77. The highest BCUT2D eigenvalue weighted by molar-refractivity contribution is 7.89. The molecule has 0 atom stereocenters. The summed E-state index contributed by atoms with van der Waals surface area (Å²) in [6.45, 7) is 2.01. The van der Waals surface area contributed by atoms with Gasteiger partial charge in [-0.05, 0) is 42.8 Å². The second-order valence-corrected chi connectivity index (χ2v) is 8.57. The molecule has 1 aliphatic heterocycles. The lowest BCUT2D eigenvalue weighted by atomic mass is 10.2. The maximum absolute atomic E-state index is 12.5. The maximum atomic E-state index is 12.5. The average molecular weight is 351 g/mol. The van der Waals surface area contributed by atoms with E-state index in [4.69, 9.17) is 0 Å². The van der Waals surface area contributed by atoms with Gasteiger partial charge in [0.15, 0.2) is 0 Å². The van der Waals surface area contributed by atoms with Crippen LogP contribution in [0.4, 0.5) is 5.82 Å². The van der Waals surface area contributed by atoms with Gasteiger partial charge in [0.1, 0.15) is 10.7 Å². The Kier molecular flexibility index (Phi) is 5.30. The molecule has 3 rings (SSSR count). The Morgan fingerprint density at radius 2 is 2.00 bits per heavy atom. The Hall–Kier alpha value is -1.44. The number of hydrogen-bond donors (Lipinski definition) is 1. The number of thiophene rings is 1. The van der Waals surface area contributed by atoms with Crippen LogP contribution >= 0.6 is 11.3 Å². The molecular formula is C16H21N3O2S2. The quantitative estimate of drug-likeness (QED) is 0.869. The van der Waals surface area contributed by atoms with Crippen molar-refractivity contribution in [3.63, 3.8) is 0 Å². The van der Waals surface area contributed by atoms with E-state index in [1.165, 1.54) is 11.1 Å². The zero-order valence-corrected chi connectivity index (χ0v) is 14.6. The Morgan fingerprint density at radius 1 is 1.17 bits per heavy atom. The molecule has 5 nitrogen and oxygen atoms in total. The fourth-order valence-corrected chi connectivity index (χ4v) is 4.83. The third kappa shape index (κ3) is 4.10. The first-order chi connectivity index (χ1) is 11.2. The first kappa shape index (κ1) is 16.4. The predicted molar refractivity (Wildman–Crippen MR) is 93.4 cm³/mol. The van der Waals surface area contributed by atoms with E-state index in [9.17, 15) is 8.42 Å². The van der Waals surface area contributed by atoms with Crippen molar-refractivity contribution in [2.45, 2.75) is 30.6 Å². The molecular weight excluding hydrogens is 330 g/mol. The van der Waals surface area contributed by atoms with Crippen molar-refractivity contribution in [2.75, 3.05) is 25.0 Å². The number of nitrogens with one attached hydrogen (secondary N) is 1. The standard InChI is InChI=1S/C16H21N3O2S2/c20-23(21,19-10-2-1-3-11-19)15-6-7-16(18-13-15)17-9-8-14-5-4-12-22-14/h4-7,12-13H,1-3,8-11H2,(H,17,18).